The van der Waals surface area contributed by atoms with E-state index in [0.717, 1.165) is 57.4 Å². The van der Waals surface area contributed by atoms with E-state index in [9.17, 15) is 0 Å². The highest BCUT2D eigenvalue weighted by Gasteiger charge is 2.27. The Labute approximate surface area is 163 Å². The number of furan rings is 1. The molecule has 2 heterocycles. The van der Waals surface area contributed by atoms with Crippen molar-refractivity contribution in [1.29, 1.82) is 0 Å². The molecule has 1 unspecified atom stereocenters. The number of hydrogen-bond acceptors (Lipinski definition) is 3. The topological polar surface area (TPSA) is 44.0 Å². The van der Waals surface area contributed by atoms with Crippen LogP contribution in [0.3, 0.4) is 0 Å². The van der Waals surface area contributed by atoms with Crippen molar-refractivity contribution in [3.63, 3.8) is 0 Å². The fourth-order valence-electron chi connectivity index (χ4n) is 3.13. The molecule has 136 valence electrons. The van der Waals surface area contributed by atoms with Gasteiger partial charge in [-0.15, -0.1) is 30.6 Å². The number of guanidine groups is 1. The minimum Gasteiger partial charge on any atom is -0.469 e. The molecule has 1 aromatic heterocycles. The van der Waals surface area contributed by atoms with Crippen molar-refractivity contribution in [1.82, 2.24) is 15.1 Å². The largest absolute Gasteiger partial charge is 0.469 e. The first-order valence-electron chi connectivity index (χ1n) is 8.69. The molecule has 1 aliphatic rings. The number of hydrogen-bond donors (Lipinski definition) is 1. The lowest BCUT2D eigenvalue weighted by Crippen LogP contribution is -2.43. The average molecular weight is 446 g/mol. The van der Waals surface area contributed by atoms with E-state index >= 15 is 0 Å². The minimum atomic E-state index is 0. The second kappa shape index (κ2) is 11.5. The van der Waals surface area contributed by atoms with Crippen molar-refractivity contribution in [2.45, 2.75) is 32.7 Å². The van der Waals surface area contributed by atoms with E-state index in [1.54, 1.807) is 6.26 Å². The molecule has 24 heavy (non-hydrogen) atoms. The van der Waals surface area contributed by atoms with Crippen molar-refractivity contribution >= 4 is 29.9 Å². The predicted octanol–water partition coefficient (Wildman–Crippen LogP) is 2.99. The summed E-state index contributed by atoms with van der Waals surface area (Å²) in [6.45, 7) is 14.1. The standard InChI is InChI=1S/C18H30N4O.HI/c1-4-11-19-18(20-12-9-17-8-7-14-23-17)22-13-10-16(15-22)21(5-2)6-3;/h4,7-8,14,16H,1,5-6,9-13,15H2,2-3H3,(H,19,20);1H. The Kier molecular flexibility index (Phi) is 10.1. The van der Waals surface area contributed by atoms with Gasteiger partial charge in [-0.05, 0) is 31.6 Å². The van der Waals surface area contributed by atoms with Crippen molar-refractivity contribution in [3.8, 4) is 0 Å². The molecule has 0 radical (unpaired) electrons. The molecule has 6 heteroatoms. The summed E-state index contributed by atoms with van der Waals surface area (Å²) in [7, 11) is 0. The Hall–Kier alpha value is -1.02. The van der Waals surface area contributed by atoms with Crippen LogP contribution < -0.4 is 5.32 Å². The molecule has 0 aromatic carbocycles. The van der Waals surface area contributed by atoms with Crippen LogP contribution in [0.5, 0.6) is 0 Å². The van der Waals surface area contributed by atoms with E-state index in [2.05, 4.69) is 35.5 Å². The van der Waals surface area contributed by atoms with Crippen LogP contribution in [-0.4, -0.2) is 61.1 Å². The molecule has 1 fully saturated rings. The number of nitrogens with zero attached hydrogens (tertiary/aromatic N) is 3. The maximum atomic E-state index is 5.37. The summed E-state index contributed by atoms with van der Waals surface area (Å²) in [6.07, 6.45) is 5.62. The zero-order valence-corrected chi connectivity index (χ0v) is 17.2. The first-order chi connectivity index (χ1) is 11.3. The van der Waals surface area contributed by atoms with Crippen LogP contribution in [0.1, 0.15) is 26.0 Å². The Morgan fingerprint density at radius 1 is 1.50 bits per heavy atom. The second-order valence-electron chi connectivity index (χ2n) is 5.81. The Morgan fingerprint density at radius 3 is 2.92 bits per heavy atom. The van der Waals surface area contributed by atoms with E-state index in [-0.39, 0.29) is 24.0 Å². The second-order valence-corrected chi connectivity index (χ2v) is 5.81. The van der Waals surface area contributed by atoms with Crippen LogP contribution >= 0.6 is 24.0 Å². The van der Waals surface area contributed by atoms with E-state index < -0.39 is 0 Å². The van der Waals surface area contributed by atoms with Gasteiger partial charge < -0.3 is 14.6 Å². The van der Waals surface area contributed by atoms with Gasteiger partial charge in [-0.1, -0.05) is 19.9 Å². The van der Waals surface area contributed by atoms with Crippen molar-refractivity contribution in [3.05, 3.63) is 36.8 Å². The first kappa shape index (κ1) is 21.0. The number of halogens is 1. The average Bonchev–Trinajstić information content (AvgIpc) is 3.24. The molecular weight excluding hydrogens is 415 g/mol. The molecular formula is C18H31IN4O. The lowest BCUT2D eigenvalue weighted by molar-refractivity contribution is 0.223. The van der Waals surface area contributed by atoms with E-state index in [1.807, 2.05) is 18.2 Å². The molecule has 1 N–H and O–H groups in total. The summed E-state index contributed by atoms with van der Waals surface area (Å²) in [5.41, 5.74) is 0. The van der Waals surface area contributed by atoms with Gasteiger partial charge in [-0.3, -0.25) is 9.89 Å². The summed E-state index contributed by atoms with van der Waals surface area (Å²) in [6, 6.07) is 4.55. The molecule has 2 rings (SSSR count). The molecule has 0 amide bonds. The number of likely N-dealkylation sites (tertiary alicyclic amines) is 1. The van der Waals surface area contributed by atoms with Crippen molar-refractivity contribution < 1.29 is 4.42 Å². The summed E-state index contributed by atoms with van der Waals surface area (Å²) >= 11 is 0. The van der Waals surface area contributed by atoms with Gasteiger partial charge in [-0.2, -0.15) is 0 Å². The molecule has 0 spiro atoms. The SMILES string of the molecule is C=CCNC(=NCCc1ccco1)N1CCC(N(CC)CC)C1.I. The normalized spacial score (nSPS) is 17.9. The monoisotopic (exact) mass is 446 g/mol. The van der Waals surface area contributed by atoms with E-state index in [4.69, 9.17) is 9.41 Å². The van der Waals surface area contributed by atoms with Crippen LogP contribution in [0.25, 0.3) is 0 Å². The van der Waals surface area contributed by atoms with Gasteiger partial charge in [0.2, 0.25) is 0 Å². The lowest BCUT2D eigenvalue weighted by atomic mass is 10.2. The van der Waals surface area contributed by atoms with Gasteiger partial charge >= 0.3 is 0 Å². The zero-order valence-electron chi connectivity index (χ0n) is 14.9. The Bertz CT molecular complexity index is 485. The zero-order chi connectivity index (χ0) is 16.5. The lowest BCUT2D eigenvalue weighted by Gasteiger charge is -2.27. The van der Waals surface area contributed by atoms with E-state index in [1.165, 1.54) is 6.42 Å². The van der Waals surface area contributed by atoms with Gasteiger partial charge in [0.25, 0.3) is 0 Å². The molecule has 0 aliphatic carbocycles. The first-order valence-corrected chi connectivity index (χ1v) is 8.69. The van der Waals surface area contributed by atoms with Crippen molar-refractivity contribution in [2.75, 3.05) is 39.3 Å². The molecule has 0 saturated carbocycles. The number of nitrogens with one attached hydrogen (secondary N) is 1. The van der Waals surface area contributed by atoms with Gasteiger partial charge in [0.1, 0.15) is 5.76 Å². The van der Waals surface area contributed by atoms with Gasteiger partial charge in [0, 0.05) is 38.6 Å². The molecule has 1 saturated heterocycles. The van der Waals surface area contributed by atoms with Gasteiger partial charge in [0.15, 0.2) is 5.96 Å². The highest BCUT2D eigenvalue weighted by atomic mass is 127. The maximum Gasteiger partial charge on any atom is 0.194 e. The van der Waals surface area contributed by atoms with Crippen LogP contribution in [0, 0.1) is 0 Å². The number of rotatable bonds is 8. The fourth-order valence-corrected chi connectivity index (χ4v) is 3.13. The molecule has 1 aromatic rings. The van der Waals surface area contributed by atoms with Crippen LogP contribution in [-0.2, 0) is 6.42 Å². The van der Waals surface area contributed by atoms with Gasteiger partial charge in [-0.25, -0.2) is 0 Å². The Morgan fingerprint density at radius 2 is 2.29 bits per heavy atom. The van der Waals surface area contributed by atoms with Crippen LogP contribution in [0.4, 0.5) is 0 Å². The summed E-state index contributed by atoms with van der Waals surface area (Å²) in [5, 5.41) is 3.40. The predicted molar refractivity (Wildman–Crippen MR) is 111 cm³/mol. The van der Waals surface area contributed by atoms with Gasteiger partial charge in [0.05, 0.1) is 6.26 Å². The number of aliphatic imine (C=N–C) groups is 1. The smallest absolute Gasteiger partial charge is 0.194 e. The third-order valence-corrected chi connectivity index (χ3v) is 4.40. The summed E-state index contributed by atoms with van der Waals surface area (Å²) in [5.74, 6) is 1.98. The minimum absolute atomic E-state index is 0. The molecule has 1 atom stereocenters. The highest BCUT2D eigenvalue weighted by molar-refractivity contribution is 14.0. The highest BCUT2D eigenvalue weighted by Crippen LogP contribution is 2.15. The van der Waals surface area contributed by atoms with Crippen LogP contribution in [0.2, 0.25) is 0 Å². The maximum absolute atomic E-state index is 5.37. The van der Waals surface area contributed by atoms with Crippen LogP contribution in [0.15, 0.2) is 40.5 Å². The Balaban J connectivity index is 0.00000288. The number of likely N-dealkylation sites (N-methyl/N-ethyl adjacent to an activating group) is 1. The molecule has 5 nitrogen and oxygen atoms in total. The van der Waals surface area contributed by atoms with E-state index in [0.29, 0.717) is 6.04 Å². The summed E-state index contributed by atoms with van der Waals surface area (Å²) in [4.78, 5) is 9.67. The third kappa shape index (κ3) is 6.12. The molecule has 0 bridgehead atoms. The molecule has 1 aliphatic heterocycles. The third-order valence-electron chi connectivity index (χ3n) is 4.40. The fraction of sp³-hybridized carbons (Fsp3) is 0.611. The van der Waals surface area contributed by atoms with Crippen molar-refractivity contribution in [2.24, 2.45) is 4.99 Å². The quantitative estimate of drug-likeness (QED) is 0.289. The summed E-state index contributed by atoms with van der Waals surface area (Å²) < 4.78 is 5.37.